The highest BCUT2D eigenvalue weighted by molar-refractivity contribution is 7.99. The lowest BCUT2D eigenvalue weighted by Crippen LogP contribution is -2.42. The molecule has 0 aliphatic carbocycles. The number of hydrogen-bond donors (Lipinski definition) is 0. The maximum Gasteiger partial charge on any atom is 0.236 e. The van der Waals surface area contributed by atoms with Gasteiger partial charge in [-0.25, -0.2) is 0 Å². The van der Waals surface area contributed by atoms with Gasteiger partial charge in [-0.15, -0.1) is 0 Å². The lowest BCUT2D eigenvalue weighted by Gasteiger charge is -2.28. The fourth-order valence-electron chi connectivity index (χ4n) is 3.60. The Morgan fingerprint density at radius 2 is 2.04 bits per heavy atom. The van der Waals surface area contributed by atoms with E-state index in [1.807, 2.05) is 34.9 Å². The Bertz CT molecular complexity index is 546. The van der Waals surface area contributed by atoms with E-state index >= 15 is 0 Å². The van der Waals surface area contributed by atoms with Crippen molar-refractivity contribution < 1.29 is 9.53 Å². The van der Waals surface area contributed by atoms with Crippen molar-refractivity contribution in [2.75, 3.05) is 37.7 Å². The zero-order valence-corrected chi connectivity index (χ0v) is 16.2. The summed E-state index contributed by atoms with van der Waals surface area (Å²) >= 11 is 2.00. The summed E-state index contributed by atoms with van der Waals surface area (Å²) in [6.45, 7) is 7.88. The SMILES string of the molecule is CC(C)CN1C[C@@H](OCc2ccccc2)CN([C@@H]2CCSC2)CC1=O. The number of nitrogens with zero attached hydrogens (tertiary/aromatic N) is 2. The van der Waals surface area contributed by atoms with Crippen molar-refractivity contribution in [1.29, 1.82) is 0 Å². The van der Waals surface area contributed by atoms with Crippen LogP contribution in [0.15, 0.2) is 30.3 Å². The average molecular weight is 363 g/mol. The Kier molecular flexibility index (Phi) is 6.79. The van der Waals surface area contributed by atoms with Crippen LogP contribution in [0.3, 0.4) is 0 Å². The van der Waals surface area contributed by atoms with Gasteiger partial charge in [0, 0.05) is 31.4 Å². The molecule has 1 aromatic rings. The van der Waals surface area contributed by atoms with E-state index in [0.29, 0.717) is 31.7 Å². The molecule has 138 valence electrons. The number of carbonyl (C=O) groups excluding carboxylic acids is 1. The smallest absolute Gasteiger partial charge is 0.236 e. The summed E-state index contributed by atoms with van der Waals surface area (Å²) in [7, 11) is 0. The molecule has 0 spiro atoms. The van der Waals surface area contributed by atoms with Gasteiger partial charge in [0.2, 0.25) is 5.91 Å². The second-order valence-electron chi connectivity index (χ2n) is 7.56. The fraction of sp³-hybridized carbons (Fsp3) is 0.650. The van der Waals surface area contributed by atoms with E-state index in [1.54, 1.807) is 0 Å². The molecule has 0 unspecified atom stereocenters. The average Bonchev–Trinajstić information content (AvgIpc) is 3.08. The normalized spacial score (nSPS) is 25.6. The Morgan fingerprint density at radius 1 is 1.24 bits per heavy atom. The predicted molar refractivity (Wildman–Crippen MR) is 104 cm³/mol. The van der Waals surface area contributed by atoms with Crippen LogP contribution in [0.2, 0.25) is 0 Å². The predicted octanol–water partition coefficient (Wildman–Crippen LogP) is 2.88. The van der Waals surface area contributed by atoms with Crippen LogP contribution in [-0.2, 0) is 16.1 Å². The highest BCUT2D eigenvalue weighted by atomic mass is 32.2. The van der Waals surface area contributed by atoms with Crippen molar-refractivity contribution in [3.05, 3.63) is 35.9 Å². The van der Waals surface area contributed by atoms with Crippen LogP contribution in [0.4, 0.5) is 0 Å². The molecule has 1 amide bonds. The number of benzene rings is 1. The molecule has 4 nitrogen and oxygen atoms in total. The number of thioether (sulfide) groups is 1. The van der Waals surface area contributed by atoms with E-state index in [2.05, 4.69) is 30.9 Å². The minimum absolute atomic E-state index is 0.0796. The number of amides is 1. The molecule has 2 saturated heterocycles. The van der Waals surface area contributed by atoms with Gasteiger partial charge in [-0.1, -0.05) is 44.2 Å². The lowest BCUT2D eigenvalue weighted by atomic mass is 10.2. The van der Waals surface area contributed by atoms with Gasteiger partial charge in [0.1, 0.15) is 0 Å². The Morgan fingerprint density at radius 3 is 2.72 bits per heavy atom. The third kappa shape index (κ3) is 5.47. The van der Waals surface area contributed by atoms with Gasteiger partial charge in [0.05, 0.1) is 19.3 Å². The zero-order chi connectivity index (χ0) is 17.6. The molecule has 2 heterocycles. The first kappa shape index (κ1) is 18.7. The van der Waals surface area contributed by atoms with Crippen LogP contribution >= 0.6 is 11.8 Å². The van der Waals surface area contributed by atoms with Crippen molar-refractivity contribution in [2.45, 2.75) is 39.0 Å². The van der Waals surface area contributed by atoms with E-state index < -0.39 is 0 Å². The van der Waals surface area contributed by atoms with E-state index in [4.69, 9.17) is 4.74 Å². The molecule has 1 aromatic carbocycles. The molecule has 0 saturated carbocycles. The Hall–Kier alpha value is -1.04. The van der Waals surface area contributed by atoms with Crippen molar-refractivity contribution in [3.8, 4) is 0 Å². The second kappa shape index (κ2) is 9.06. The quantitative estimate of drug-likeness (QED) is 0.779. The summed E-state index contributed by atoms with van der Waals surface area (Å²) in [5.41, 5.74) is 1.19. The molecule has 2 aliphatic heterocycles. The van der Waals surface area contributed by atoms with Crippen LogP contribution in [0.1, 0.15) is 25.8 Å². The standard InChI is InChI=1S/C20H30N2O2S/c1-16(2)10-22-12-19(24-14-17-6-4-3-5-7-17)11-21(13-20(22)23)18-8-9-25-15-18/h3-7,16,18-19H,8-15H2,1-2H3/t18-,19+/m1/s1. The van der Waals surface area contributed by atoms with Gasteiger partial charge in [-0.2, -0.15) is 11.8 Å². The van der Waals surface area contributed by atoms with Gasteiger partial charge in [0.25, 0.3) is 0 Å². The summed E-state index contributed by atoms with van der Waals surface area (Å²) in [4.78, 5) is 17.1. The number of hydrogen-bond acceptors (Lipinski definition) is 4. The van der Waals surface area contributed by atoms with Gasteiger partial charge >= 0.3 is 0 Å². The van der Waals surface area contributed by atoms with Crippen LogP contribution in [0.5, 0.6) is 0 Å². The van der Waals surface area contributed by atoms with Gasteiger partial charge < -0.3 is 9.64 Å². The summed E-state index contributed by atoms with van der Waals surface area (Å²) in [5, 5.41) is 0. The molecule has 0 aromatic heterocycles. The first-order valence-corrected chi connectivity index (χ1v) is 10.5. The number of ether oxygens (including phenoxy) is 1. The van der Waals surface area contributed by atoms with Crippen LogP contribution < -0.4 is 0 Å². The molecule has 0 radical (unpaired) electrons. The Labute approximate surface area is 155 Å². The highest BCUT2D eigenvalue weighted by Gasteiger charge is 2.33. The minimum atomic E-state index is 0.0796. The van der Waals surface area contributed by atoms with E-state index in [9.17, 15) is 4.79 Å². The summed E-state index contributed by atoms with van der Waals surface area (Å²) in [6.07, 6.45) is 1.27. The molecule has 5 heteroatoms. The monoisotopic (exact) mass is 362 g/mol. The molecule has 2 atom stereocenters. The Balaban J connectivity index is 1.67. The highest BCUT2D eigenvalue weighted by Crippen LogP contribution is 2.24. The maximum absolute atomic E-state index is 12.8. The van der Waals surface area contributed by atoms with Crippen LogP contribution in [0, 0.1) is 5.92 Å². The number of carbonyl (C=O) groups is 1. The van der Waals surface area contributed by atoms with E-state index in [0.717, 1.165) is 18.8 Å². The van der Waals surface area contributed by atoms with E-state index in [1.165, 1.54) is 17.7 Å². The summed E-state index contributed by atoms with van der Waals surface area (Å²) in [6, 6.07) is 10.8. The van der Waals surface area contributed by atoms with Crippen molar-refractivity contribution in [3.63, 3.8) is 0 Å². The maximum atomic E-state index is 12.8. The molecule has 2 fully saturated rings. The van der Waals surface area contributed by atoms with Crippen molar-refractivity contribution >= 4 is 17.7 Å². The molecular weight excluding hydrogens is 332 g/mol. The first-order chi connectivity index (χ1) is 12.1. The summed E-state index contributed by atoms with van der Waals surface area (Å²) < 4.78 is 6.26. The minimum Gasteiger partial charge on any atom is -0.370 e. The lowest BCUT2D eigenvalue weighted by molar-refractivity contribution is -0.132. The molecule has 3 rings (SSSR count). The van der Waals surface area contributed by atoms with Gasteiger partial charge in [-0.3, -0.25) is 9.69 Å². The van der Waals surface area contributed by atoms with E-state index in [-0.39, 0.29) is 12.0 Å². The molecule has 0 N–H and O–H groups in total. The largest absolute Gasteiger partial charge is 0.370 e. The van der Waals surface area contributed by atoms with Crippen LogP contribution in [-0.4, -0.2) is 65.5 Å². The third-order valence-corrected chi connectivity index (χ3v) is 6.03. The molecule has 2 aliphatic rings. The van der Waals surface area contributed by atoms with Gasteiger partial charge in [0.15, 0.2) is 0 Å². The van der Waals surface area contributed by atoms with Crippen molar-refractivity contribution in [2.24, 2.45) is 5.92 Å². The van der Waals surface area contributed by atoms with Gasteiger partial charge in [-0.05, 0) is 23.7 Å². The fourth-order valence-corrected chi connectivity index (χ4v) is 4.86. The second-order valence-corrected chi connectivity index (χ2v) is 8.71. The number of rotatable bonds is 6. The first-order valence-electron chi connectivity index (χ1n) is 9.37. The zero-order valence-electron chi connectivity index (χ0n) is 15.4. The van der Waals surface area contributed by atoms with Crippen LogP contribution in [0.25, 0.3) is 0 Å². The summed E-state index contributed by atoms with van der Waals surface area (Å²) in [5.74, 6) is 3.09. The third-order valence-electron chi connectivity index (χ3n) is 4.89. The van der Waals surface area contributed by atoms with Crippen molar-refractivity contribution in [1.82, 2.24) is 9.80 Å². The topological polar surface area (TPSA) is 32.8 Å². The molecule has 0 bridgehead atoms. The molecule has 25 heavy (non-hydrogen) atoms. The molecular formula is C20H30N2O2S.